The third-order valence-corrected chi connectivity index (χ3v) is 4.83. The van der Waals surface area contributed by atoms with Crippen molar-refractivity contribution in [3.05, 3.63) is 12.7 Å². The molecule has 1 saturated heterocycles. The van der Waals surface area contributed by atoms with Crippen molar-refractivity contribution in [1.29, 1.82) is 0 Å². The average molecular weight is 399 g/mol. The third kappa shape index (κ3) is 4.50. The van der Waals surface area contributed by atoms with Crippen LogP contribution in [-0.4, -0.2) is 65.0 Å². The summed E-state index contributed by atoms with van der Waals surface area (Å²) in [7, 11) is -2.72. The van der Waals surface area contributed by atoms with Crippen LogP contribution < -0.4 is 5.32 Å². The summed E-state index contributed by atoms with van der Waals surface area (Å²) in [5, 5.41) is 12.1. The second-order valence-electron chi connectivity index (χ2n) is 6.48. The first kappa shape index (κ1) is 19.8. The Morgan fingerprint density at radius 1 is 1.41 bits per heavy atom. The molecule has 11 nitrogen and oxygen atoms in total. The Hall–Kier alpha value is -1.91. The lowest BCUT2D eigenvalue weighted by Crippen LogP contribution is -2.27. The minimum absolute atomic E-state index is 0.0464. The zero-order valence-corrected chi connectivity index (χ0v) is 15.8. The van der Waals surface area contributed by atoms with Crippen LogP contribution in [0.3, 0.4) is 0 Å². The van der Waals surface area contributed by atoms with Crippen molar-refractivity contribution in [1.82, 2.24) is 19.5 Å². The molecule has 0 aliphatic carbocycles. The largest absolute Gasteiger partial charge is 0.479 e. The van der Waals surface area contributed by atoms with E-state index in [1.807, 2.05) is 18.4 Å². The molecule has 2 aromatic heterocycles. The van der Waals surface area contributed by atoms with Crippen LogP contribution in [0.5, 0.6) is 0 Å². The highest BCUT2D eigenvalue weighted by molar-refractivity contribution is 7.46. The molecule has 0 radical (unpaired) electrons. The van der Waals surface area contributed by atoms with E-state index < -0.39 is 20.2 Å². The number of carboxylic acid groups (broad SMARTS) is 1. The van der Waals surface area contributed by atoms with Gasteiger partial charge in [0, 0.05) is 6.04 Å². The highest BCUT2D eigenvalue weighted by Gasteiger charge is 2.32. The Morgan fingerprint density at radius 2 is 2.19 bits per heavy atom. The van der Waals surface area contributed by atoms with Gasteiger partial charge >= 0.3 is 5.97 Å². The summed E-state index contributed by atoms with van der Waals surface area (Å²) >= 11 is 0. The quantitative estimate of drug-likeness (QED) is 0.474. The zero-order chi connectivity index (χ0) is 19.6. The number of imidazole rings is 1. The molecule has 3 rings (SSSR count). The van der Waals surface area contributed by atoms with Gasteiger partial charge in [0.25, 0.3) is 0 Å². The Balaban J connectivity index is 1.68. The number of carboxylic acids is 1. The van der Waals surface area contributed by atoms with Crippen molar-refractivity contribution >= 4 is 31.3 Å². The number of aliphatic carboxylic acids is 1. The molecule has 12 heteroatoms. The predicted octanol–water partition coefficient (Wildman–Crippen LogP) is 1.05. The lowest BCUT2D eigenvalue weighted by molar-refractivity contribution is -0.147. The molecular formula is C15H22N5O6P. The minimum Gasteiger partial charge on any atom is -0.479 e. The number of hydrogen-bond donors (Lipinski definition) is 4. The van der Waals surface area contributed by atoms with Gasteiger partial charge in [-0.2, -0.15) is 0 Å². The molecule has 2 aromatic rings. The maximum atomic E-state index is 10.9. The fourth-order valence-corrected chi connectivity index (χ4v) is 3.31. The summed E-state index contributed by atoms with van der Waals surface area (Å²) < 4.78 is 12.8. The number of rotatable bonds is 8. The van der Waals surface area contributed by atoms with Crippen molar-refractivity contribution in [2.45, 2.75) is 50.9 Å². The average Bonchev–Trinajstić information content (AvgIpc) is 3.20. The van der Waals surface area contributed by atoms with Gasteiger partial charge in [0.1, 0.15) is 12.6 Å². The van der Waals surface area contributed by atoms with Gasteiger partial charge in [-0.25, -0.2) is 19.7 Å². The summed E-state index contributed by atoms with van der Waals surface area (Å²) in [5.41, 5.74) is 1.28. The molecule has 1 fully saturated rings. The van der Waals surface area contributed by atoms with E-state index in [0.717, 1.165) is 0 Å². The SMILES string of the molecule is CC(C)Nc1ncnc2c1ncn2C1CCC(COC(C(=O)O)P(O)O)O1. The second-order valence-corrected chi connectivity index (χ2v) is 7.59. The summed E-state index contributed by atoms with van der Waals surface area (Å²) in [6, 6.07) is 0.197. The van der Waals surface area contributed by atoms with E-state index in [9.17, 15) is 4.79 Å². The van der Waals surface area contributed by atoms with E-state index in [-0.39, 0.29) is 25.0 Å². The topological polar surface area (TPSA) is 152 Å². The van der Waals surface area contributed by atoms with Crippen LogP contribution in [0.4, 0.5) is 5.82 Å². The van der Waals surface area contributed by atoms with Crippen molar-refractivity contribution < 1.29 is 29.2 Å². The fourth-order valence-electron chi connectivity index (χ4n) is 2.89. The Kier molecular flexibility index (Phi) is 6.18. The molecule has 3 heterocycles. The minimum atomic E-state index is -2.72. The normalized spacial score (nSPS) is 21.3. The van der Waals surface area contributed by atoms with Gasteiger partial charge in [0.2, 0.25) is 14.2 Å². The van der Waals surface area contributed by atoms with Gasteiger partial charge in [-0.3, -0.25) is 4.57 Å². The van der Waals surface area contributed by atoms with Gasteiger partial charge in [0.15, 0.2) is 17.0 Å². The van der Waals surface area contributed by atoms with E-state index >= 15 is 0 Å². The molecule has 0 saturated carbocycles. The molecule has 0 aromatic carbocycles. The van der Waals surface area contributed by atoms with Crippen LogP contribution >= 0.6 is 8.38 Å². The van der Waals surface area contributed by atoms with Crippen LogP contribution in [-0.2, 0) is 14.3 Å². The maximum absolute atomic E-state index is 10.9. The highest BCUT2D eigenvalue weighted by Crippen LogP contribution is 2.35. The second kappa shape index (κ2) is 8.41. The Morgan fingerprint density at radius 3 is 2.85 bits per heavy atom. The van der Waals surface area contributed by atoms with Crippen molar-refractivity contribution in [2.75, 3.05) is 11.9 Å². The molecule has 3 unspecified atom stereocenters. The van der Waals surface area contributed by atoms with E-state index in [1.54, 1.807) is 6.33 Å². The molecule has 4 N–H and O–H groups in total. The first-order valence-electron chi connectivity index (χ1n) is 8.47. The summed E-state index contributed by atoms with van der Waals surface area (Å²) in [4.78, 5) is 42.1. The Labute approximate surface area is 156 Å². The number of anilines is 1. The monoisotopic (exact) mass is 399 g/mol. The van der Waals surface area contributed by atoms with E-state index in [0.29, 0.717) is 29.8 Å². The van der Waals surface area contributed by atoms with E-state index in [4.69, 9.17) is 24.4 Å². The standard InChI is InChI=1S/C15H22N5O6P/c1-8(2)19-12-11-13(17-6-16-12)20(7-18-11)10-4-3-9(26-10)5-25-15(14(21)22)27(23)24/h6-10,15,23-24H,3-5H2,1-2H3,(H,21,22)(H,16,17,19). The number of nitrogens with zero attached hydrogens (tertiary/aromatic N) is 4. The van der Waals surface area contributed by atoms with Crippen LogP contribution in [0.15, 0.2) is 12.7 Å². The molecule has 0 spiro atoms. The van der Waals surface area contributed by atoms with Crippen molar-refractivity contribution in [3.8, 4) is 0 Å². The molecule has 1 aliphatic heterocycles. The third-order valence-electron chi connectivity index (χ3n) is 4.04. The fraction of sp³-hybridized carbons (Fsp3) is 0.600. The summed E-state index contributed by atoms with van der Waals surface area (Å²) in [6.07, 6.45) is 3.72. The van der Waals surface area contributed by atoms with Gasteiger partial charge in [-0.05, 0) is 26.7 Å². The van der Waals surface area contributed by atoms with Crippen molar-refractivity contribution in [3.63, 3.8) is 0 Å². The molecular weight excluding hydrogens is 377 g/mol. The molecule has 27 heavy (non-hydrogen) atoms. The lowest BCUT2D eigenvalue weighted by atomic mass is 10.2. The number of hydrogen-bond acceptors (Lipinski definition) is 9. The highest BCUT2D eigenvalue weighted by atomic mass is 31.2. The number of ether oxygens (including phenoxy) is 2. The molecule has 148 valence electrons. The van der Waals surface area contributed by atoms with Gasteiger partial charge in [-0.15, -0.1) is 0 Å². The van der Waals surface area contributed by atoms with Crippen LogP contribution in [0.25, 0.3) is 11.2 Å². The summed E-state index contributed by atoms with van der Waals surface area (Å²) in [6.45, 7) is 3.96. The number of nitrogens with one attached hydrogen (secondary N) is 1. The predicted molar refractivity (Wildman–Crippen MR) is 96.0 cm³/mol. The van der Waals surface area contributed by atoms with E-state index in [1.165, 1.54) is 6.33 Å². The number of fused-ring (bicyclic) bond motifs is 1. The molecule has 0 bridgehead atoms. The first-order chi connectivity index (χ1) is 12.9. The lowest BCUT2D eigenvalue weighted by Gasteiger charge is -2.18. The summed E-state index contributed by atoms with van der Waals surface area (Å²) in [5.74, 6) is -2.41. The van der Waals surface area contributed by atoms with Crippen LogP contribution in [0.2, 0.25) is 0 Å². The van der Waals surface area contributed by atoms with Gasteiger partial charge in [0.05, 0.1) is 19.0 Å². The van der Waals surface area contributed by atoms with Crippen LogP contribution in [0, 0.1) is 0 Å². The zero-order valence-electron chi connectivity index (χ0n) is 14.9. The van der Waals surface area contributed by atoms with Crippen molar-refractivity contribution in [2.24, 2.45) is 0 Å². The molecule has 0 amide bonds. The van der Waals surface area contributed by atoms with Gasteiger partial charge in [-0.1, -0.05) is 0 Å². The number of aromatic nitrogens is 4. The smallest absolute Gasteiger partial charge is 0.342 e. The molecule has 1 aliphatic rings. The molecule has 3 atom stereocenters. The first-order valence-corrected chi connectivity index (χ1v) is 9.79. The van der Waals surface area contributed by atoms with E-state index in [2.05, 4.69) is 20.3 Å². The number of carbonyl (C=O) groups is 1. The van der Waals surface area contributed by atoms with Gasteiger partial charge < -0.3 is 29.7 Å². The van der Waals surface area contributed by atoms with Crippen LogP contribution in [0.1, 0.15) is 32.9 Å². The Bertz CT molecular complexity index is 800. The maximum Gasteiger partial charge on any atom is 0.342 e.